The number of aromatic nitrogens is 2. The summed E-state index contributed by atoms with van der Waals surface area (Å²) in [7, 11) is 1.44. The van der Waals surface area contributed by atoms with Crippen LogP contribution in [0.5, 0.6) is 11.5 Å². The molecule has 0 radical (unpaired) electrons. The molecule has 1 amide bonds. The number of methoxy groups -OCH3 is 1. The third-order valence-electron chi connectivity index (χ3n) is 2.70. The zero-order valence-corrected chi connectivity index (χ0v) is 16.0. The number of aryl methyl sites for hydroxylation is 1. The number of rotatable bonds is 4. The molecule has 1 aromatic carbocycles. The molecule has 1 heterocycles. The Morgan fingerprint density at radius 2 is 2.13 bits per heavy atom. The molecule has 3 N–H and O–H groups in total. The van der Waals surface area contributed by atoms with E-state index in [0.717, 1.165) is 5.69 Å². The number of carbonyl (C=O) groups excluding carboxylic acids is 1. The molecule has 0 unspecified atom stereocenters. The van der Waals surface area contributed by atoms with Gasteiger partial charge >= 0.3 is 0 Å². The van der Waals surface area contributed by atoms with Crippen LogP contribution in [-0.2, 0) is 0 Å². The van der Waals surface area contributed by atoms with Crippen molar-refractivity contribution >= 4 is 56.4 Å². The number of aromatic hydroxyl groups is 1. The van der Waals surface area contributed by atoms with E-state index in [-0.39, 0.29) is 29.6 Å². The Hall–Kier alpha value is -1.58. The molecule has 7 nitrogen and oxygen atoms in total. The fraction of sp³-hybridized carbons (Fsp3) is 0.154. The normalized spacial score (nSPS) is 10.4. The lowest BCUT2D eigenvalue weighted by Crippen LogP contribution is -2.18. The van der Waals surface area contributed by atoms with Crippen LogP contribution < -0.4 is 10.2 Å². The first-order valence-corrected chi connectivity index (χ1v) is 7.63. The summed E-state index contributed by atoms with van der Waals surface area (Å²) in [5, 5.41) is 20.2. The minimum atomic E-state index is -0.429. The Morgan fingerprint density at radius 3 is 2.70 bits per heavy atom. The summed E-state index contributed by atoms with van der Waals surface area (Å²) in [5.41, 5.74) is 4.01. The van der Waals surface area contributed by atoms with Crippen molar-refractivity contribution in [1.82, 2.24) is 15.6 Å². The second-order valence-corrected chi connectivity index (χ2v) is 5.87. The summed E-state index contributed by atoms with van der Waals surface area (Å²) >= 11 is 6.57. The number of hydrogen-bond donors (Lipinski definition) is 3. The molecule has 10 heteroatoms. The van der Waals surface area contributed by atoms with Gasteiger partial charge in [-0.25, -0.2) is 5.43 Å². The molecule has 124 valence electrons. The van der Waals surface area contributed by atoms with Gasteiger partial charge in [-0.1, -0.05) is 0 Å². The maximum atomic E-state index is 11.8. The minimum Gasteiger partial charge on any atom is -0.503 e. The fourth-order valence-electron chi connectivity index (χ4n) is 1.61. The lowest BCUT2D eigenvalue weighted by atomic mass is 10.2. The predicted molar refractivity (Wildman–Crippen MR) is 95.7 cm³/mol. The maximum Gasteiger partial charge on any atom is 0.291 e. The van der Waals surface area contributed by atoms with Crippen LogP contribution >= 0.6 is 44.3 Å². The number of phenols is 1. The van der Waals surface area contributed by atoms with E-state index in [4.69, 9.17) is 4.74 Å². The summed E-state index contributed by atoms with van der Waals surface area (Å²) in [4.78, 5) is 11.8. The van der Waals surface area contributed by atoms with E-state index in [9.17, 15) is 9.90 Å². The second-order valence-electron chi connectivity index (χ2n) is 4.28. The fourth-order valence-corrected chi connectivity index (χ4v) is 2.44. The van der Waals surface area contributed by atoms with Gasteiger partial charge in [0.05, 0.1) is 17.8 Å². The topological polar surface area (TPSA) is 99.6 Å². The third kappa shape index (κ3) is 4.46. The van der Waals surface area contributed by atoms with Crippen LogP contribution in [0, 0.1) is 6.92 Å². The Balaban J connectivity index is 0.00000264. The molecular formula is C13H13Br2ClN4O3. The van der Waals surface area contributed by atoms with E-state index in [1.165, 1.54) is 13.3 Å². The average molecular weight is 469 g/mol. The van der Waals surface area contributed by atoms with Crippen molar-refractivity contribution in [1.29, 1.82) is 0 Å². The number of H-pyrrole nitrogens is 1. The van der Waals surface area contributed by atoms with Crippen LogP contribution in [0.3, 0.4) is 0 Å². The zero-order valence-electron chi connectivity index (χ0n) is 12.1. The van der Waals surface area contributed by atoms with Gasteiger partial charge in [0.25, 0.3) is 5.91 Å². The first-order valence-electron chi connectivity index (χ1n) is 6.04. The number of ether oxygens (including phenoxy) is 1. The summed E-state index contributed by atoms with van der Waals surface area (Å²) in [5.74, 6) is -0.171. The van der Waals surface area contributed by atoms with Gasteiger partial charge in [-0.3, -0.25) is 9.89 Å². The van der Waals surface area contributed by atoms with E-state index in [1.54, 1.807) is 19.1 Å². The number of hydrogen-bond acceptors (Lipinski definition) is 5. The Bertz CT molecular complexity index is 749. The molecule has 0 saturated carbocycles. The molecule has 0 bridgehead atoms. The molecular weight excluding hydrogens is 455 g/mol. The van der Waals surface area contributed by atoms with Crippen LogP contribution in [0.1, 0.15) is 21.7 Å². The Kier molecular flexibility index (Phi) is 7.04. The van der Waals surface area contributed by atoms with Crippen LogP contribution in [0.15, 0.2) is 26.2 Å². The predicted octanol–water partition coefficient (Wildman–Crippen LogP) is 3.14. The van der Waals surface area contributed by atoms with Crippen LogP contribution in [0.2, 0.25) is 0 Å². The van der Waals surface area contributed by atoms with Crippen molar-refractivity contribution in [3.63, 3.8) is 0 Å². The van der Waals surface area contributed by atoms with Gasteiger partial charge in [0.1, 0.15) is 0 Å². The highest BCUT2D eigenvalue weighted by molar-refractivity contribution is 9.13. The molecule has 0 aliphatic rings. The quantitative estimate of drug-likeness (QED) is 0.474. The third-order valence-corrected chi connectivity index (χ3v) is 4.86. The van der Waals surface area contributed by atoms with Crippen molar-refractivity contribution in [2.75, 3.05) is 7.11 Å². The standard InChI is InChI=1S/C13H12Br2N4O3.ClH/c1-6-3-8(18-17-6)13(21)19-16-5-7-4-9(22-2)12(20)11(15)10(7)14;/h3-5,20H,1-2H3,(H,17,18)(H,19,21);1H/b16-5+;. The number of phenolic OH excluding ortho intramolecular Hbond substituents is 1. The smallest absolute Gasteiger partial charge is 0.291 e. The van der Waals surface area contributed by atoms with Crippen molar-refractivity contribution < 1.29 is 14.6 Å². The summed E-state index contributed by atoms with van der Waals surface area (Å²) in [6, 6.07) is 3.19. The molecule has 0 fully saturated rings. The number of halogens is 3. The number of nitrogens with zero attached hydrogens (tertiary/aromatic N) is 2. The van der Waals surface area contributed by atoms with Crippen molar-refractivity contribution in [2.45, 2.75) is 6.92 Å². The highest BCUT2D eigenvalue weighted by Gasteiger charge is 2.14. The molecule has 0 spiro atoms. The van der Waals surface area contributed by atoms with Gasteiger partial charge in [-0.2, -0.15) is 10.2 Å². The van der Waals surface area contributed by atoms with Crippen molar-refractivity contribution in [3.05, 3.63) is 38.0 Å². The first kappa shape index (κ1) is 19.5. The lowest BCUT2D eigenvalue weighted by Gasteiger charge is -2.09. The molecule has 0 atom stereocenters. The summed E-state index contributed by atoms with van der Waals surface area (Å²) in [6.07, 6.45) is 1.42. The molecule has 2 aromatic rings. The van der Waals surface area contributed by atoms with Crippen molar-refractivity contribution in [3.8, 4) is 11.5 Å². The van der Waals surface area contributed by atoms with E-state index in [0.29, 0.717) is 14.5 Å². The van der Waals surface area contributed by atoms with Crippen LogP contribution in [0.25, 0.3) is 0 Å². The number of nitrogens with one attached hydrogen (secondary N) is 2. The van der Waals surface area contributed by atoms with Gasteiger partial charge in [0.2, 0.25) is 0 Å². The SMILES string of the molecule is COc1cc(/C=N/NC(=O)c2cc(C)[nH]n2)c(Br)c(Br)c1O.Cl. The highest BCUT2D eigenvalue weighted by Crippen LogP contribution is 2.41. The van der Waals surface area contributed by atoms with E-state index in [1.807, 2.05) is 0 Å². The zero-order chi connectivity index (χ0) is 16.3. The van der Waals surface area contributed by atoms with Gasteiger partial charge in [-0.05, 0) is 50.9 Å². The van der Waals surface area contributed by atoms with Crippen LogP contribution in [0.4, 0.5) is 0 Å². The maximum absolute atomic E-state index is 11.8. The van der Waals surface area contributed by atoms with E-state index < -0.39 is 5.91 Å². The molecule has 1 aromatic heterocycles. The molecule has 0 aliphatic heterocycles. The number of hydrazone groups is 1. The monoisotopic (exact) mass is 466 g/mol. The van der Waals surface area contributed by atoms with Crippen LogP contribution in [-0.4, -0.2) is 34.5 Å². The molecule has 0 aliphatic carbocycles. The number of aromatic amines is 1. The first-order chi connectivity index (χ1) is 10.4. The molecule has 0 saturated heterocycles. The second kappa shape index (κ2) is 8.32. The highest BCUT2D eigenvalue weighted by atomic mass is 79.9. The van der Waals surface area contributed by atoms with E-state index in [2.05, 4.69) is 52.6 Å². The molecule has 23 heavy (non-hydrogen) atoms. The summed E-state index contributed by atoms with van der Waals surface area (Å²) in [6.45, 7) is 1.80. The number of carbonyl (C=O) groups is 1. The Morgan fingerprint density at radius 1 is 1.43 bits per heavy atom. The largest absolute Gasteiger partial charge is 0.503 e. The Labute approximate surface area is 155 Å². The van der Waals surface area contributed by atoms with Gasteiger partial charge in [-0.15, -0.1) is 12.4 Å². The van der Waals surface area contributed by atoms with Crippen molar-refractivity contribution in [2.24, 2.45) is 5.10 Å². The van der Waals surface area contributed by atoms with E-state index >= 15 is 0 Å². The lowest BCUT2D eigenvalue weighted by molar-refractivity contribution is 0.0950. The summed E-state index contributed by atoms with van der Waals surface area (Å²) < 4.78 is 6.07. The van der Waals surface area contributed by atoms with Gasteiger partial charge < -0.3 is 9.84 Å². The molecule has 2 rings (SSSR count). The number of benzene rings is 1. The average Bonchev–Trinajstić information content (AvgIpc) is 2.93. The van der Waals surface area contributed by atoms with Gasteiger partial charge in [0, 0.05) is 15.7 Å². The minimum absolute atomic E-state index is 0. The number of amides is 1. The van der Waals surface area contributed by atoms with Gasteiger partial charge in [0.15, 0.2) is 17.2 Å².